The standard InChI is InChI=1S/C24H25NO2/c1-3-25(4-2)17-11-10-16-24(18-19-12-6-5-7-13-19)22(26)20-14-8-9-15-21(20)23(24)27/h5-9,12-15H,3-4,16-18H2,1-2H3. The molecule has 3 rings (SSSR count). The number of Topliss-reactive ketones (excluding diaryl/α,β-unsaturated/α-hetero) is 2. The second-order valence-electron chi connectivity index (χ2n) is 6.94. The van der Waals surface area contributed by atoms with Crippen LogP contribution < -0.4 is 0 Å². The maximum Gasteiger partial charge on any atom is 0.178 e. The first-order valence-electron chi connectivity index (χ1n) is 9.53. The van der Waals surface area contributed by atoms with Crippen LogP contribution in [0.3, 0.4) is 0 Å². The third kappa shape index (κ3) is 3.72. The van der Waals surface area contributed by atoms with Gasteiger partial charge in [0.15, 0.2) is 11.6 Å². The highest BCUT2D eigenvalue weighted by molar-refractivity contribution is 6.29. The van der Waals surface area contributed by atoms with Crippen molar-refractivity contribution in [2.75, 3.05) is 19.6 Å². The Morgan fingerprint density at radius 3 is 1.93 bits per heavy atom. The SMILES string of the molecule is CCN(CC)CC#CCC1(Cc2ccccc2)C(=O)c2ccccc2C1=O. The first kappa shape index (κ1) is 19.1. The van der Waals surface area contributed by atoms with E-state index in [0.717, 1.165) is 18.7 Å². The van der Waals surface area contributed by atoms with E-state index >= 15 is 0 Å². The molecule has 1 aliphatic rings. The van der Waals surface area contributed by atoms with Gasteiger partial charge in [-0.15, -0.1) is 5.92 Å². The molecule has 0 saturated heterocycles. The van der Waals surface area contributed by atoms with Crippen LogP contribution in [0, 0.1) is 17.3 Å². The van der Waals surface area contributed by atoms with Crippen LogP contribution in [0.2, 0.25) is 0 Å². The van der Waals surface area contributed by atoms with E-state index in [-0.39, 0.29) is 18.0 Å². The summed E-state index contributed by atoms with van der Waals surface area (Å²) in [5.74, 6) is 6.13. The molecule has 0 atom stereocenters. The minimum Gasteiger partial charge on any atom is -0.293 e. The predicted molar refractivity (Wildman–Crippen MR) is 108 cm³/mol. The van der Waals surface area contributed by atoms with Gasteiger partial charge in [0.2, 0.25) is 0 Å². The van der Waals surface area contributed by atoms with Gasteiger partial charge in [-0.3, -0.25) is 14.5 Å². The number of carbonyl (C=O) groups is 2. The van der Waals surface area contributed by atoms with Crippen LogP contribution in [0.5, 0.6) is 0 Å². The summed E-state index contributed by atoms with van der Waals surface area (Å²) in [5, 5.41) is 0. The fourth-order valence-corrected chi connectivity index (χ4v) is 3.65. The first-order chi connectivity index (χ1) is 13.1. The Morgan fingerprint density at radius 2 is 1.37 bits per heavy atom. The van der Waals surface area contributed by atoms with Gasteiger partial charge < -0.3 is 0 Å². The Bertz CT molecular complexity index is 850. The minimum atomic E-state index is -1.11. The minimum absolute atomic E-state index is 0.0934. The zero-order valence-corrected chi connectivity index (χ0v) is 16.0. The van der Waals surface area contributed by atoms with Gasteiger partial charge >= 0.3 is 0 Å². The summed E-state index contributed by atoms with van der Waals surface area (Å²) in [4.78, 5) is 28.8. The summed E-state index contributed by atoms with van der Waals surface area (Å²) in [6, 6.07) is 16.9. The van der Waals surface area contributed by atoms with E-state index in [0.29, 0.717) is 24.1 Å². The Balaban J connectivity index is 1.93. The van der Waals surface area contributed by atoms with Crippen molar-refractivity contribution in [3.05, 3.63) is 71.3 Å². The average molecular weight is 359 g/mol. The number of hydrogen-bond acceptors (Lipinski definition) is 3. The van der Waals surface area contributed by atoms with Crippen LogP contribution in [-0.4, -0.2) is 36.1 Å². The highest BCUT2D eigenvalue weighted by Gasteiger charge is 2.52. The van der Waals surface area contributed by atoms with Gasteiger partial charge in [0.25, 0.3) is 0 Å². The molecule has 0 fully saturated rings. The van der Waals surface area contributed by atoms with Gasteiger partial charge in [-0.2, -0.15) is 0 Å². The molecule has 0 heterocycles. The zero-order valence-electron chi connectivity index (χ0n) is 16.0. The van der Waals surface area contributed by atoms with Crippen molar-refractivity contribution >= 4 is 11.6 Å². The highest BCUT2D eigenvalue weighted by Crippen LogP contribution is 2.42. The van der Waals surface area contributed by atoms with Gasteiger partial charge in [0.1, 0.15) is 5.41 Å². The normalized spacial score (nSPS) is 14.8. The van der Waals surface area contributed by atoms with Gasteiger partial charge in [-0.25, -0.2) is 0 Å². The molecule has 0 aromatic heterocycles. The molecule has 27 heavy (non-hydrogen) atoms. The lowest BCUT2D eigenvalue weighted by molar-refractivity contribution is 0.0702. The summed E-state index contributed by atoms with van der Waals surface area (Å²) >= 11 is 0. The number of nitrogens with zero attached hydrogens (tertiary/aromatic N) is 1. The van der Waals surface area contributed by atoms with Crippen molar-refractivity contribution in [2.24, 2.45) is 5.41 Å². The van der Waals surface area contributed by atoms with E-state index in [1.54, 1.807) is 12.1 Å². The molecule has 0 N–H and O–H groups in total. The fourth-order valence-electron chi connectivity index (χ4n) is 3.65. The van der Waals surface area contributed by atoms with Gasteiger partial charge in [0, 0.05) is 17.5 Å². The van der Waals surface area contributed by atoms with Crippen LogP contribution in [-0.2, 0) is 6.42 Å². The van der Waals surface area contributed by atoms with Crippen molar-refractivity contribution in [3.63, 3.8) is 0 Å². The Labute approximate surface area is 161 Å². The summed E-state index contributed by atoms with van der Waals surface area (Å²) in [6.07, 6.45) is 0.648. The smallest absolute Gasteiger partial charge is 0.178 e. The third-order valence-electron chi connectivity index (χ3n) is 5.35. The molecule has 0 saturated carbocycles. The number of rotatable bonds is 6. The van der Waals surface area contributed by atoms with Crippen LogP contribution >= 0.6 is 0 Å². The van der Waals surface area contributed by atoms with E-state index in [1.807, 2.05) is 42.5 Å². The van der Waals surface area contributed by atoms with E-state index in [1.165, 1.54) is 0 Å². The van der Waals surface area contributed by atoms with Crippen LogP contribution in [0.15, 0.2) is 54.6 Å². The molecule has 2 aromatic carbocycles. The predicted octanol–water partition coefficient (Wildman–Crippen LogP) is 4.03. The van der Waals surface area contributed by atoms with Crippen molar-refractivity contribution in [1.29, 1.82) is 0 Å². The summed E-state index contributed by atoms with van der Waals surface area (Å²) in [6.45, 7) is 6.72. The van der Waals surface area contributed by atoms with Gasteiger partial charge in [-0.05, 0) is 25.1 Å². The van der Waals surface area contributed by atoms with Crippen molar-refractivity contribution in [3.8, 4) is 11.8 Å². The molecular weight excluding hydrogens is 334 g/mol. The maximum absolute atomic E-state index is 13.3. The Hall–Kier alpha value is -2.70. The van der Waals surface area contributed by atoms with Crippen molar-refractivity contribution in [1.82, 2.24) is 4.90 Å². The van der Waals surface area contributed by atoms with Gasteiger partial charge in [0.05, 0.1) is 6.54 Å². The van der Waals surface area contributed by atoms with Crippen molar-refractivity contribution < 1.29 is 9.59 Å². The molecule has 0 unspecified atom stereocenters. The first-order valence-corrected chi connectivity index (χ1v) is 9.53. The molecule has 0 amide bonds. The van der Waals surface area contributed by atoms with Gasteiger partial charge in [-0.1, -0.05) is 74.4 Å². The molecule has 0 spiro atoms. The van der Waals surface area contributed by atoms with Crippen LogP contribution in [0.1, 0.15) is 46.5 Å². The van der Waals surface area contributed by atoms with Crippen molar-refractivity contribution in [2.45, 2.75) is 26.7 Å². The molecule has 138 valence electrons. The molecule has 0 aliphatic heterocycles. The average Bonchev–Trinajstić information content (AvgIpc) is 2.91. The number of fused-ring (bicyclic) bond motifs is 1. The second-order valence-corrected chi connectivity index (χ2v) is 6.94. The molecule has 1 aliphatic carbocycles. The topological polar surface area (TPSA) is 37.4 Å². The lowest BCUT2D eigenvalue weighted by Crippen LogP contribution is -2.35. The van der Waals surface area contributed by atoms with E-state index in [4.69, 9.17) is 0 Å². The van der Waals surface area contributed by atoms with E-state index in [2.05, 4.69) is 30.6 Å². The monoisotopic (exact) mass is 359 g/mol. The quantitative estimate of drug-likeness (QED) is 0.577. The Morgan fingerprint density at radius 1 is 0.815 bits per heavy atom. The van der Waals surface area contributed by atoms with E-state index < -0.39 is 5.41 Å². The molecular formula is C24H25NO2. The fraction of sp³-hybridized carbons (Fsp3) is 0.333. The summed E-state index contributed by atoms with van der Waals surface area (Å²) < 4.78 is 0. The molecule has 0 bridgehead atoms. The molecule has 3 nitrogen and oxygen atoms in total. The van der Waals surface area contributed by atoms with Crippen LogP contribution in [0.25, 0.3) is 0 Å². The molecule has 3 heteroatoms. The largest absolute Gasteiger partial charge is 0.293 e. The second kappa shape index (κ2) is 8.33. The van der Waals surface area contributed by atoms with Crippen LogP contribution in [0.4, 0.5) is 0 Å². The number of ketones is 2. The zero-order chi connectivity index (χ0) is 19.3. The lowest BCUT2D eigenvalue weighted by Gasteiger charge is -2.23. The van der Waals surface area contributed by atoms with E-state index in [9.17, 15) is 9.59 Å². The molecule has 2 aromatic rings. The third-order valence-corrected chi connectivity index (χ3v) is 5.35. The Kier molecular flexibility index (Phi) is 5.88. The maximum atomic E-state index is 13.3. The lowest BCUT2D eigenvalue weighted by atomic mass is 9.74. The number of hydrogen-bond donors (Lipinski definition) is 0. The highest BCUT2D eigenvalue weighted by atomic mass is 16.2. The molecule has 0 radical (unpaired) electrons. The number of carbonyl (C=O) groups excluding carboxylic acids is 2. The summed E-state index contributed by atoms with van der Waals surface area (Å²) in [7, 11) is 0. The summed E-state index contributed by atoms with van der Waals surface area (Å²) in [5.41, 5.74) is 0.937. The number of benzene rings is 2.